The molecule has 0 radical (unpaired) electrons. The third kappa shape index (κ3) is 6.67. The summed E-state index contributed by atoms with van der Waals surface area (Å²) >= 11 is 4.69. The highest BCUT2D eigenvalue weighted by molar-refractivity contribution is 9.10. The maximum Gasteiger partial charge on any atom is 0.326 e. The van der Waals surface area contributed by atoms with Crippen LogP contribution in [0.15, 0.2) is 45.3 Å². The van der Waals surface area contributed by atoms with E-state index in [4.69, 9.17) is 5.84 Å². The van der Waals surface area contributed by atoms with Gasteiger partial charge in [0.15, 0.2) is 0 Å². The first kappa shape index (κ1) is 21.4. The van der Waals surface area contributed by atoms with E-state index in [1.54, 1.807) is 30.3 Å². The molecule has 0 saturated carbocycles. The summed E-state index contributed by atoms with van der Waals surface area (Å²) in [6.45, 7) is -0.349. The lowest BCUT2D eigenvalue weighted by molar-refractivity contribution is -0.141. The number of hydrazone groups is 1. The van der Waals surface area contributed by atoms with E-state index < -0.39 is 23.8 Å². The zero-order valence-electron chi connectivity index (χ0n) is 14.5. The van der Waals surface area contributed by atoms with Gasteiger partial charge in [0.1, 0.15) is 12.4 Å². The van der Waals surface area contributed by atoms with E-state index in [9.17, 15) is 19.5 Å². The molecule has 11 heteroatoms. The number of hydrogen-bond acceptors (Lipinski definition) is 6. The fourth-order valence-electron chi connectivity index (χ4n) is 2.23. The first-order valence-corrected chi connectivity index (χ1v) is 9.68. The molecule has 0 saturated heterocycles. The van der Waals surface area contributed by atoms with Crippen molar-refractivity contribution < 1.29 is 19.5 Å². The van der Waals surface area contributed by atoms with E-state index in [1.807, 2.05) is 5.38 Å². The lowest BCUT2D eigenvalue weighted by Crippen LogP contribution is -2.46. The van der Waals surface area contributed by atoms with Crippen molar-refractivity contribution in [3.05, 3.63) is 50.6 Å². The molecule has 148 valence electrons. The van der Waals surface area contributed by atoms with Gasteiger partial charge in [0, 0.05) is 32.4 Å². The van der Waals surface area contributed by atoms with Crippen LogP contribution in [0.3, 0.4) is 0 Å². The van der Waals surface area contributed by atoms with Crippen molar-refractivity contribution in [1.82, 2.24) is 10.6 Å². The van der Waals surface area contributed by atoms with E-state index in [1.165, 1.54) is 17.7 Å². The summed E-state index contributed by atoms with van der Waals surface area (Å²) in [7, 11) is 0. The standard InChI is InChI=1S/C17H18BrN5O4S/c18-11-5-13(28-8-11)6-14(17(26)27)23-15(24)7-20-16(25)10-2-1-3-12(4-10)21-9-22-19/h1-5,8-9,14H,6-7,19H2,(H,20,25)(H,21,22)(H,23,24)(H,26,27). The predicted octanol–water partition coefficient (Wildman–Crippen LogP) is 1.37. The lowest BCUT2D eigenvalue weighted by Gasteiger charge is -2.14. The van der Waals surface area contributed by atoms with Gasteiger partial charge in [-0.05, 0) is 40.2 Å². The summed E-state index contributed by atoms with van der Waals surface area (Å²) in [4.78, 5) is 36.5. The highest BCUT2D eigenvalue weighted by Crippen LogP contribution is 2.21. The van der Waals surface area contributed by atoms with Crippen molar-refractivity contribution in [3.8, 4) is 0 Å². The summed E-state index contributed by atoms with van der Waals surface area (Å²) in [6.07, 6.45) is 1.42. The van der Waals surface area contributed by atoms with Crippen LogP contribution in [0, 0.1) is 0 Å². The molecule has 0 fully saturated rings. The summed E-state index contributed by atoms with van der Waals surface area (Å²) in [5, 5.41) is 22.1. The maximum absolute atomic E-state index is 12.2. The number of nitrogens with two attached hydrogens (primary N) is 1. The SMILES string of the molecule is NN=CNc1cccc(C(=O)NCC(=O)NC(Cc2cc(Br)cs2)C(=O)O)c1. The Balaban J connectivity index is 1.89. The number of thiophene rings is 1. The minimum Gasteiger partial charge on any atom is -0.480 e. The average molecular weight is 468 g/mol. The average Bonchev–Trinajstić information content (AvgIpc) is 3.08. The molecule has 28 heavy (non-hydrogen) atoms. The molecule has 1 heterocycles. The number of hydrogen-bond donors (Lipinski definition) is 5. The van der Waals surface area contributed by atoms with E-state index in [2.05, 4.69) is 37.0 Å². The summed E-state index contributed by atoms with van der Waals surface area (Å²) < 4.78 is 0.852. The fourth-order valence-corrected chi connectivity index (χ4v) is 3.73. The fraction of sp³-hybridized carbons (Fsp3) is 0.176. The molecule has 0 aliphatic carbocycles. The van der Waals surface area contributed by atoms with E-state index in [0.29, 0.717) is 11.3 Å². The van der Waals surface area contributed by atoms with Crippen molar-refractivity contribution in [2.45, 2.75) is 12.5 Å². The molecule has 2 amide bonds. The quantitative estimate of drug-likeness (QED) is 0.163. The molecule has 6 N–H and O–H groups in total. The molecule has 0 spiro atoms. The molecule has 9 nitrogen and oxygen atoms in total. The van der Waals surface area contributed by atoms with Crippen molar-refractivity contribution in [1.29, 1.82) is 0 Å². The number of carboxylic acid groups (broad SMARTS) is 1. The second kappa shape index (κ2) is 10.4. The highest BCUT2D eigenvalue weighted by atomic mass is 79.9. The molecule has 0 aliphatic heterocycles. The van der Waals surface area contributed by atoms with Gasteiger partial charge in [-0.1, -0.05) is 6.07 Å². The second-order valence-corrected chi connectivity index (χ2v) is 7.49. The van der Waals surface area contributed by atoms with Gasteiger partial charge in [0.05, 0.1) is 6.54 Å². The van der Waals surface area contributed by atoms with E-state index in [0.717, 1.165) is 9.35 Å². The van der Waals surface area contributed by atoms with Gasteiger partial charge < -0.3 is 26.9 Å². The van der Waals surface area contributed by atoms with Crippen molar-refractivity contribution in [3.63, 3.8) is 0 Å². The van der Waals surface area contributed by atoms with Crippen LogP contribution >= 0.6 is 27.3 Å². The Morgan fingerprint density at radius 3 is 2.75 bits per heavy atom. The van der Waals surface area contributed by atoms with Gasteiger partial charge in [0.2, 0.25) is 5.91 Å². The number of benzene rings is 1. The first-order valence-electron chi connectivity index (χ1n) is 8.00. The van der Waals surface area contributed by atoms with Crippen LogP contribution in [0.25, 0.3) is 0 Å². The topological polar surface area (TPSA) is 146 Å². The van der Waals surface area contributed by atoms with Gasteiger partial charge in [0.25, 0.3) is 5.91 Å². The Morgan fingerprint density at radius 1 is 1.32 bits per heavy atom. The molecule has 2 rings (SSSR count). The van der Waals surface area contributed by atoms with E-state index >= 15 is 0 Å². The van der Waals surface area contributed by atoms with Crippen molar-refractivity contribution in [2.75, 3.05) is 11.9 Å². The molecule has 2 aromatic rings. The number of rotatable bonds is 9. The zero-order valence-corrected chi connectivity index (χ0v) is 16.9. The number of amides is 2. The van der Waals surface area contributed by atoms with Crippen LogP contribution in [-0.4, -0.2) is 41.8 Å². The first-order chi connectivity index (χ1) is 13.4. The third-order valence-electron chi connectivity index (χ3n) is 3.50. The molecule has 0 aliphatic rings. The number of anilines is 1. The highest BCUT2D eigenvalue weighted by Gasteiger charge is 2.21. The van der Waals surface area contributed by atoms with Gasteiger partial charge in [-0.3, -0.25) is 9.59 Å². The monoisotopic (exact) mass is 467 g/mol. The van der Waals surface area contributed by atoms with Crippen molar-refractivity contribution >= 4 is 57.1 Å². The molecule has 0 bridgehead atoms. The Hall–Kier alpha value is -2.92. The van der Waals surface area contributed by atoms with Crippen molar-refractivity contribution in [2.24, 2.45) is 10.9 Å². The number of aliphatic carboxylic acids is 1. The molecule has 1 aromatic heterocycles. The van der Waals surface area contributed by atoms with Crippen LogP contribution in [-0.2, 0) is 16.0 Å². The Labute approximate surface area is 173 Å². The molecule has 1 aromatic carbocycles. The van der Waals surface area contributed by atoms with Gasteiger partial charge >= 0.3 is 5.97 Å². The number of carbonyl (C=O) groups excluding carboxylic acids is 2. The minimum atomic E-state index is -1.15. The Bertz CT molecular complexity index is 886. The van der Waals surface area contributed by atoms with Crippen LogP contribution in [0.5, 0.6) is 0 Å². The number of nitrogens with one attached hydrogen (secondary N) is 3. The van der Waals surface area contributed by atoms with Crippen LogP contribution in [0.4, 0.5) is 5.69 Å². The zero-order chi connectivity index (χ0) is 20.5. The Kier molecular flexibility index (Phi) is 7.96. The van der Waals surface area contributed by atoms with Crippen LogP contribution in [0.2, 0.25) is 0 Å². The summed E-state index contributed by atoms with van der Waals surface area (Å²) in [5.74, 6) is 2.79. The number of carboxylic acids is 1. The van der Waals surface area contributed by atoms with Gasteiger partial charge in [-0.25, -0.2) is 4.79 Å². The van der Waals surface area contributed by atoms with E-state index in [-0.39, 0.29) is 13.0 Å². The lowest BCUT2D eigenvalue weighted by atomic mass is 10.1. The van der Waals surface area contributed by atoms with Crippen LogP contribution in [0.1, 0.15) is 15.2 Å². The third-order valence-corrected chi connectivity index (χ3v) is 5.22. The minimum absolute atomic E-state index is 0.154. The second-order valence-electron chi connectivity index (χ2n) is 5.58. The molecule has 1 unspecified atom stereocenters. The summed E-state index contributed by atoms with van der Waals surface area (Å²) in [5.41, 5.74) is 0.917. The number of nitrogens with zero attached hydrogens (tertiary/aromatic N) is 1. The maximum atomic E-state index is 12.2. The smallest absolute Gasteiger partial charge is 0.326 e. The summed E-state index contributed by atoms with van der Waals surface area (Å²) in [6, 6.07) is 7.21. The molecular weight excluding hydrogens is 450 g/mol. The Morgan fingerprint density at radius 2 is 2.11 bits per heavy atom. The number of carbonyl (C=O) groups is 3. The van der Waals surface area contributed by atoms with Gasteiger partial charge in [-0.2, -0.15) is 5.10 Å². The predicted molar refractivity (Wildman–Crippen MR) is 110 cm³/mol. The largest absolute Gasteiger partial charge is 0.480 e. The molecule has 1 atom stereocenters. The number of halogens is 1. The van der Waals surface area contributed by atoms with Crippen LogP contribution < -0.4 is 21.8 Å². The normalized spacial score (nSPS) is 11.8. The van der Waals surface area contributed by atoms with Gasteiger partial charge in [-0.15, -0.1) is 11.3 Å². The molecular formula is C17H18BrN5O4S.